The van der Waals surface area contributed by atoms with Crippen molar-refractivity contribution in [3.05, 3.63) is 72.6 Å². The molecule has 14 heteroatoms. The van der Waals surface area contributed by atoms with Crippen LogP contribution in [0.25, 0.3) is 33.6 Å². The van der Waals surface area contributed by atoms with Crippen LogP contribution in [0.5, 0.6) is 0 Å². The number of aromatic nitrogens is 4. The van der Waals surface area contributed by atoms with Gasteiger partial charge in [-0.3, -0.25) is 9.59 Å². The molecule has 2 atom stereocenters. The van der Waals surface area contributed by atoms with Gasteiger partial charge < -0.3 is 20.6 Å². The minimum absolute atomic E-state index is 0.124. The van der Waals surface area contributed by atoms with Crippen molar-refractivity contribution in [1.82, 2.24) is 30.6 Å². The van der Waals surface area contributed by atoms with Gasteiger partial charge in [-0.05, 0) is 45.9 Å². The van der Waals surface area contributed by atoms with E-state index in [2.05, 4.69) is 30.6 Å². The van der Waals surface area contributed by atoms with Crippen molar-refractivity contribution in [2.45, 2.75) is 104 Å². The maximum Gasteiger partial charge on any atom is 0.389 e. The van der Waals surface area contributed by atoms with E-state index in [1.165, 1.54) is 0 Å². The van der Waals surface area contributed by atoms with Gasteiger partial charge in [-0.1, -0.05) is 90.1 Å². The number of halogens is 6. The fraction of sp³-hybridized carbons (Fsp3) is 0.500. The van der Waals surface area contributed by atoms with E-state index in [4.69, 9.17) is 0 Å². The number of nitrogens with one attached hydrogen (secondary N) is 4. The first-order chi connectivity index (χ1) is 25.0. The molecule has 2 unspecified atom stereocenters. The molecular weight excluding hydrogens is 710 g/mol. The molecule has 0 aliphatic carbocycles. The molecule has 4 rings (SSSR count). The van der Waals surface area contributed by atoms with Crippen LogP contribution in [-0.2, 0) is 9.59 Å². The third-order valence-corrected chi connectivity index (χ3v) is 8.74. The van der Waals surface area contributed by atoms with Gasteiger partial charge in [0.05, 0.1) is 23.8 Å². The van der Waals surface area contributed by atoms with E-state index in [-0.39, 0.29) is 48.3 Å². The molecule has 0 fully saturated rings. The van der Waals surface area contributed by atoms with E-state index in [1.807, 2.05) is 90.1 Å². The Morgan fingerprint density at radius 1 is 0.574 bits per heavy atom. The number of aromatic amines is 2. The molecule has 4 N–H and O–H groups in total. The molecule has 4 aromatic rings. The Balaban J connectivity index is 1.45. The Kier molecular flexibility index (Phi) is 13.4. The number of alkyl halides is 6. The number of benzene rings is 2. The number of hydrogen-bond acceptors (Lipinski definition) is 4. The smallest absolute Gasteiger partial charge is 0.356 e. The fourth-order valence-corrected chi connectivity index (χ4v) is 5.73. The average molecular weight is 761 g/mol. The van der Waals surface area contributed by atoms with E-state index in [9.17, 15) is 35.9 Å². The Bertz CT molecular complexity index is 1680. The number of H-pyrrole nitrogens is 2. The standard InChI is InChI=1S/C40H50F6N6O2/c1-37(2,3)23-49-33(53)19-29(15-17-39(41,42)43)35-47-21-31(51-35)27-11-7-25(8-12-27)26-9-13-28(14-10-26)32-22-48-36(52-32)30(16-18-40(44,45)46)20-34(54)50-24-38(4,5)6/h7-14,21-22,29-30H,15-20,23-24H2,1-6H3,(H,47,51)(H,48,52)(H,49,53)(H,50,54). The van der Waals surface area contributed by atoms with Crippen LogP contribution in [0.2, 0.25) is 0 Å². The van der Waals surface area contributed by atoms with Crippen LogP contribution < -0.4 is 10.6 Å². The third-order valence-electron chi connectivity index (χ3n) is 8.74. The molecule has 8 nitrogen and oxygen atoms in total. The molecule has 0 aliphatic heterocycles. The van der Waals surface area contributed by atoms with Gasteiger partial charge in [0.15, 0.2) is 0 Å². The van der Waals surface area contributed by atoms with E-state index < -0.39 is 37.0 Å². The zero-order valence-electron chi connectivity index (χ0n) is 31.6. The SMILES string of the molecule is CC(C)(C)CNC(=O)CC(CCC(F)(F)F)c1ncc(-c2ccc(-c3ccc(-c4cnc(C(CCC(F)(F)F)CC(=O)NCC(C)(C)C)[nH]4)cc3)cc2)[nH]1. The van der Waals surface area contributed by atoms with Crippen molar-refractivity contribution >= 4 is 11.8 Å². The molecule has 0 radical (unpaired) electrons. The summed E-state index contributed by atoms with van der Waals surface area (Å²) in [4.78, 5) is 40.2. The van der Waals surface area contributed by atoms with Crippen LogP contribution in [0, 0.1) is 10.8 Å². The first kappa shape index (κ1) is 42.1. The van der Waals surface area contributed by atoms with Gasteiger partial charge in [0.25, 0.3) is 0 Å². The van der Waals surface area contributed by atoms with Gasteiger partial charge in [0.2, 0.25) is 11.8 Å². The monoisotopic (exact) mass is 760 g/mol. The molecule has 0 spiro atoms. The van der Waals surface area contributed by atoms with Crippen LogP contribution in [0.15, 0.2) is 60.9 Å². The Hall–Kier alpha value is -4.62. The van der Waals surface area contributed by atoms with E-state index in [0.717, 1.165) is 22.3 Å². The average Bonchev–Trinajstić information content (AvgIpc) is 3.77. The van der Waals surface area contributed by atoms with Gasteiger partial charge in [-0.2, -0.15) is 26.3 Å². The highest BCUT2D eigenvalue weighted by atomic mass is 19.4. The van der Waals surface area contributed by atoms with Crippen LogP contribution in [0.3, 0.4) is 0 Å². The number of imidazole rings is 2. The second-order valence-corrected chi connectivity index (χ2v) is 16.3. The van der Waals surface area contributed by atoms with Crippen molar-refractivity contribution in [3.63, 3.8) is 0 Å². The fourth-order valence-electron chi connectivity index (χ4n) is 5.73. The summed E-state index contributed by atoms with van der Waals surface area (Å²) in [7, 11) is 0. The van der Waals surface area contributed by atoms with Crippen LogP contribution >= 0.6 is 0 Å². The second kappa shape index (κ2) is 17.2. The summed E-state index contributed by atoms with van der Waals surface area (Å²) in [6, 6.07) is 15.0. The summed E-state index contributed by atoms with van der Waals surface area (Å²) in [6.07, 6.45) is -8.49. The Labute approximate surface area is 312 Å². The molecule has 0 saturated carbocycles. The highest BCUT2D eigenvalue weighted by Crippen LogP contribution is 2.34. The summed E-state index contributed by atoms with van der Waals surface area (Å²) < 4.78 is 78.8. The highest BCUT2D eigenvalue weighted by Gasteiger charge is 2.32. The quantitative estimate of drug-likeness (QED) is 0.0903. The third kappa shape index (κ3) is 14.0. The number of amides is 2. The van der Waals surface area contributed by atoms with Gasteiger partial charge in [0.1, 0.15) is 11.6 Å². The minimum atomic E-state index is -4.36. The lowest BCUT2D eigenvalue weighted by Crippen LogP contribution is -2.33. The molecule has 0 saturated heterocycles. The topological polar surface area (TPSA) is 116 Å². The van der Waals surface area contributed by atoms with Crippen LogP contribution in [-0.4, -0.2) is 57.2 Å². The zero-order valence-corrected chi connectivity index (χ0v) is 31.6. The molecule has 54 heavy (non-hydrogen) atoms. The number of rotatable bonds is 15. The summed E-state index contributed by atoms with van der Waals surface area (Å²) in [5, 5.41) is 5.61. The van der Waals surface area contributed by atoms with Crippen LogP contribution in [0.4, 0.5) is 26.3 Å². The predicted octanol–water partition coefficient (Wildman–Crippen LogP) is 10.1. The lowest BCUT2D eigenvalue weighted by Gasteiger charge is -2.20. The van der Waals surface area contributed by atoms with Gasteiger partial charge in [-0.15, -0.1) is 0 Å². The molecular formula is C40H50F6N6O2. The number of carbonyl (C=O) groups is 2. The first-order valence-electron chi connectivity index (χ1n) is 18.0. The predicted molar refractivity (Wildman–Crippen MR) is 197 cm³/mol. The number of nitrogens with zero attached hydrogens (tertiary/aromatic N) is 2. The van der Waals surface area contributed by atoms with Gasteiger partial charge in [-0.25, -0.2) is 9.97 Å². The molecule has 2 aromatic carbocycles. The van der Waals surface area contributed by atoms with Gasteiger partial charge in [0, 0.05) is 50.6 Å². The molecule has 2 heterocycles. The van der Waals surface area contributed by atoms with Crippen molar-refractivity contribution < 1.29 is 35.9 Å². The highest BCUT2D eigenvalue weighted by molar-refractivity contribution is 5.77. The first-order valence-corrected chi connectivity index (χ1v) is 18.0. The van der Waals surface area contributed by atoms with Crippen molar-refractivity contribution in [3.8, 4) is 33.6 Å². The van der Waals surface area contributed by atoms with Crippen LogP contribution in [0.1, 0.15) is 104 Å². The van der Waals surface area contributed by atoms with Crippen molar-refractivity contribution in [1.29, 1.82) is 0 Å². The number of carbonyl (C=O) groups excluding carboxylic acids is 2. The molecule has 2 amide bonds. The van der Waals surface area contributed by atoms with Crippen molar-refractivity contribution in [2.75, 3.05) is 13.1 Å². The normalized spacial score (nSPS) is 13.8. The summed E-state index contributed by atoms with van der Waals surface area (Å²) in [6.45, 7) is 12.5. The summed E-state index contributed by atoms with van der Waals surface area (Å²) >= 11 is 0. The minimum Gasteiger partial charge on any atom is -0.356 e. The Morgan fingerprint density at radius 3 is 1.19 bits per heavy atom. The van der Waals surface area contributed by atoms with E-state index >= 15 is 0 Å². The number of hydrogen-bond donors (Lipinski definition) is 4. The maximum atomic E-state index is 13.1. The van der Waals surface area contributed by atoms with E-state index in [1.54, 1.807) is 12.4 Å². The molecule has 0 bridgehead atoms. The second-order valence-electron chi connectivity index (χ2n) is 16.3. The summed E-state index contributed by atoms with van der Waals surface area (Å²) in [5.41, 5.74) is 4.17. The molecule has 0 aliphatic rings. The lowest BCUT2D eigenvalue weighted by molar-refractivity contribution is -0.138. The largest absolute Gasteiger partial charge is 0.389 e. The molecule has 294 valence electrons. The Morgan fingerprint density at radius 2 is 0.889 bits per heavy atom. The zero-order chi connectivity index (χ0) is 39.9. The summed E-state index contributed by atoms with van der Waals surface area (Å²) in [5.74, 6) is -1.52. The van der Waals surface area contributed by atoms with Gasteiger partial charge >= 0.3 is 12.4 Å². The lowest BCUT2D eigenvalue weighted by atomic mass is 9.95. The van der Waals surface area contributed by atoms with E-state index in [0.29, 0.717) is 36.1 Å². The van der Waals surface area contributed by atoms with Crippen molar-refractivity contribution in [2.24, 2.45) is 10.8 Å². The maximum absolute atomic E-state index is 13.1. The molecule has 2 aromatic heterocycles.